The van der Waals surface area contributed by atoms with E-state index in [1.165, 1.54) is 6.07 Å². The highest BCUT2D eigenvalue weighted by Gasteiger charge is 2.31. The molecule has 1 aliphatic heterocycles. The topological polar surface area (TPSA) is 44.2 Å². The van der Waals surface area contributed by atoms with Gasteiger partial charge >= 0.3 is 0 Å². The van der Waals surface area contributed by atoms with Gasteiger partial charge in [0.2, 0.25) is 0 Å². The first-order valence-electron chi connectivity index (χ1n) is 11.7. The fraction of sp³-hybridized carbons (Fsp3) is 0.267. The van der Waals surface area contributed by atoms with Gasteiger partial charge in [-0.25, -0.2) is 4.39 Å². The molecule has 0 radical (unpaired) electrons. The minimum atomic E-state index is -0.580. The molecule has 0 unspecified atom stereocenters. The Morgan fingerprint density at radius 1 is 0.629 bits per heavy atom. The average Bonchev–Trinajstić information content (AvgIpc) is 2.87. The van der Waals surface area contributed by atoms with Crippen LogP contribution in [-0.2, 0) is 10.8 Å². The zero-order valence-electron chi connectivity index (χ0n) is 20.9. The van der Waals surface area contributed by atoms with Crippen molar-refractivity contribution in [2.24, 2.45) is 0 Å². The predicted molar refractivity (Wildman–Crippen MR) is 137 cm³/mol. The third kappa shape index (κ3) is 3.95. The van der Waals surface area contributed by atoms with E-state index >= 15 is 0 Å². The third-order valence-corrected chi connectivity index (χ3v) is 7.15. The van der Waals surface area contributed by atoms with Crippen LogP contribution in [-0.4, -0.2) is 24.2 Å². The van der Waals surface area contributed by atoms with Crippen molar-refractivity contribution in [1.82, 2.24) is 9.97 Å². The summed E-state index contributed by atoms with van der Waals surface area (Å²) in [5.74, 6) is 1.09. The van der Waals surface area contributed by atoms with Crippen molar-refractivity contribution >= 4 is 0 Å². The number of nitrogens with zero attached hydrogens (tertiary/aromatic N) is 2. The number of aromatic nitrogens is 2. The van der Waals surface area contributed by atoms with E-state index in [4.69, 9.17) is 19.4 Å². The summed E-state index contributed by atoms with van der Waals surface area (Å²) in [5.41, 5.74) is 5.62. The summed E-state index contributed by atoms with van der Waals surface area (Å²) < 4.78 is 26.3. The molecule has 1 aliphatic rings. The molecule has 2 aromatic heterocycles. The van der Waals surface area contributed by atoms with E-state index in [1.54, 1.807) is 20.3 Å². The molecule has 5 rings (SSSR count). The van der Waals surface area contributed by atoms with Crippen LogP contribution in [0.15, 0.2) is 66.7 Å². The van der Waals surface area contributed by atoms with E-state index in [0.29, 0.717) is 17.0 Å². The quantitative estimate of drug-likeness (QED) is 0.320. The molecule has 0 amide bonds. The van der Waals surface area contributed by atoms with Gasteiger partial charge in [0.1, 0.15) is 17.3 Å². The molecule has 0 fully saturated rings. The zero-order chi connectivity index (χ0) is 25.0. The van der Waals surface area contributed by atoms with Gasteiger partial charge in [0, 0.05) is 46.2 Å². The minimum absolute atomic E-state index is 0.295. The van der Waals surface area contributed by atoms with E-state index in [1.807, 2.05) is 42.5 Å². The van der Waals surface area contributed by atoms with Crippen LogP contribution in [0.4, 0.5) is 4.39 Å². The highest BCUT2D eigenvalue weighted by atomic mass is 19.1. The molecule has 0 N–H and O–H groups in total. The number of ether oxygens (including phenoxy) is 2. The second kappa shape index (κ2) is 8.19. The van der Waals surface area contributed by atoms with Gasteiger partial charge in [-0.15, -0.1) is 0 Å². The summed E-state index contributed by atoms with van der Waals surface area (Å²) in [6.45, 7) is 8.36. The molecular weight excluding hydrogens is 439 g/mol. The normalized spacial score (nSPS) is 15.2. The average molecular weight is 469 g/mol. The lowest BCUT2D eigenvalue weighted by molar-refractivity contribution is 0.409. The highest BCUT2D eigenvalue weighted by molar-refractivity contribution is 5.67. The zero-order valence-corrected chi connectivity index (χ0v) is 20.9. The molecule has 0 atom stereocenters. The first-order valence-corrected chi connectivity index (χ1v) is 11.7. The molecule has 178 valence electrons. The molecule has 0 spiro atoms. The first kappa shape index (κ1) is 23.0. The molecule has 3 heterocycles. The van der Waals surface area contributed by atoms with Crippen molar-refractivity contribution in [1.29, 1.82) is 0 Å². The number of halogens is 1. The number of benzene rings is 2. The predicted octanol–water partition coefficient (Wildman–Crippen LogP) is 6.93. The number of hydrogen-bond donors (Lipinski definition) is 0. The van der Waals surface area contributed by atoms with Gasteiger partial charge in [0.05, 0.1) is 37.0 Å². The fourth-order valence-electron chi connectivity index (χ4n) is 4.65. The number of fused-ring (bicyclic) bond motifs is 10. The Kier molecular flexibility index (Phi) is 5.39. The van der Waals surface area contributed by atoms with Gasteiger partial charge in [-0.2, -0.15) is 0 Å². The van der Waals surface area contributed by atoms with E-state index in [0.717, 1.165) is 39.5 Å². The van der Waals surface area contributed by atoms with E-state index in [-0.39, 0.29) is 5.82 Å². The Balaban J connectivity index is 1.91. The van der Waals surface area contributed by atoms with Crippen molar-refractivity contribution in [2.75, 3.05) is 14.2 Å². The maximum atomic E-state index is 15.0. The molecule has 0 aliphatic carbocycles. The molecule has 0 saturated heterocycles. The molecule has 4 nitrogen and oxygen atoms in total. The van der Waals surface area contributed by atoms with Crippen LogP contribution < -0.4 is 9.47 Å². The van der Waals surface area contributed by atoms with E-state index in [9.17, 15) is 4.39 Å². The van der Waals surface area contributed by atoms with E-state index < -0.39 is 10.8 Å². The van der Waals surface area contributed by atoms with Gasteiger partial charge in [0.25, 0.3) is 0 Å². The summed E-state index contributed by atoms with van der Waals surface area (Å²) >= 11 is 0. The van der Waals surface area contributed by atoms with Crippen LogP contribution in [0.3, 0.4) is 0 Å². The second-order valence-corrected chi connectivity index (χ2v) is 10.1. The molecule has 2 aromatic carbocycles. The lowest BCUT2D eigenvalue weighted by Crippen LogP contribution is -2.23. The second-order valence-electron chi connectivity index (χ2n) is 10.1. The number of hydrogen-bond acceptors (Lipinski definition) is 4. The first-order chi connectivity index (χ1) is 16.6. The maximum Gasteiger partial charge on any atom is 0.124 e. The molecule has 8 bridgehead atoms. The Hall–Kier alpha value is -3.73. The number of methoxy groups -OCH3 is 2. The summed E-state index contributed by atoms with van der Waals surface area (Å²) in [4.78, 5) is 10.1. The van der Waals surface area contributed by atoms with Gasteiger partial charge in [0.15, 0.2) is 0 Å². The van der Waals surface area contributed by atoms with E-state index in [2.05, 4.69) is 39.8 Å². The lowest BCUT2D eigenvalue weighted by atomic mass is 9.76. The van der Waals surface area contributed by atoms with Gasteiger partial charge < -0.3 is 9.47 Å². The molecule has 4 aromatic rings. The van der Waals surface area contributed by atoms with Crippen molar-refractivity contribution < 1.29 is 13.9 Å². The SMILES string of the molecule is COc1cc2nc(c1)C(C)(C)c1cc(OC)cc(n1)-c1cc(F)cc(c1)C(C)(C)c1cccc-2c1. The van der Waals surface area contributed by atoms with Crippen LogP contribution in [0.2, 0.25) is 0 Å². The van der Waals surface area contributed by atoms with Gasteiger partial charge in [-0.3, -0.25) is 9.97 Å². The highest BCUT2D eigenvalue weighted by Crippen LogP contribution is 2.40. The summed E-state index contributed by atoms with van der Waals surface area (Å²) in [6, 6.07) is 21.1. The van der Waals surface area contributed by atoms with Crippen molar-refractivity contribution in [3.8, 4) is 34.0 Å². The fourth-order valence-corrected chi connectivity index (χ4v) is 4.65. The minimum Gasteiger partial charge on any atom is -0.497 e. The van der Waals surface area contributed by atoms with Crippen LogP contribution in [0, 0.1) is 5.82 Å². The molecule has 5 heteroatoms. The van der Waals surface area contributed by atoms with Crippen LogP contribution in [0.5, 0.6) is 11.5 Å². The standard InChI is InChI=1S/C30H29FN2O2/c1-29(2)20-9-7-8-18(10-20)25-14-23(34-5)16-27(32-25)30(3,4)28-17-24(35-6)15-26(33-28)19-11-21(29)13-22(31)12-19/h7-17H,1-6H3. The Morgan fingerprint density at radius 3 is 1.80 bits per heavy atom. The Labute approximate surface area is 205 Å². The summed E-state index contributed by atoms with van der Waals surface area (Å²) in [7, 11) is 3.29. The number of rotatable bonds is 2. The lowest BCUT2D eigenvalue weighted by Gasteiger charge is -2.29. The van der Waals surface area contributed by atoms with Crippen LogP contribution >= 0.6 is 0 Å². The molecule has 0 saturated carbocycles. The van der Waals surface area contributed by atoms with Crippen LogP contribution in [0.1, 0.15) is 50.2 Å². The monoisotopic (exact) mass is 468 g/mol. The van der Waals surface area contributed by atoms with Gasteiger partial charge in [-0.05, 0) is 49.2 Å². The largest absolute Gasteiger partial charge is 0.497 e. The molecular formula is C30H29FN2O2. The van der Waals surface area contributed by atoms with Crippen molar-refractivity contribution in [2.45, 2.75) is 38.5 Å². The van der Waals surface area contributed by atoms with Crippen molar-refractivity contribution in [3.63, 3.8) is 0 Å². The van der Waals surface area contributed by atoms with Crippen molar-refractivity contribution in [3.05, 3.63) is 95.1 Å². The van der Waals surface area contributed by atoms with Gasteiger partial charge in [-0.1, -0.05) is 32.0 Å². The summed E-state index contributed by atoms with van der Waals surface area (Å²) in [6.07, 6.45) is 0. The van der Waals surface area contributed by atoms with Crippen LogP contribution in [0.25, 0.3) is 22.5 Å². The maximum absolute atomic E-state index is 15.0. The Morgan fingerprint density at radius 2 is 1.20 bits per heavy atom. The third-order valence-electron chi connectivity index (χ3n) is 7.15. The molecule has 35 heavy (non-hydrogen) atoms. The Bertz CT molecular complexity index is 1440. The smallest absolute Gasteiger partial charge is 0.124 e. The number of pyridine rings is 2. The summed E-state index contributed by atoms with van der Waals surface area (Å²) in [5, 5.41) is 0.